The molecule has 2 N–H and O–H groups in total. The molecule has 6 nitrogen and oxygen atoms in total. The van der Waals surface area contributed by atoms with E-state index >= 15 is 0 Å². The van der Waals surface area contributed by atoms with E-state index in [-0.39, 0.29) is 11.4 Å². The highest BCUT2D eigenvalue weighted by Gasteiger charge is 2.15. The molecule has 2 aromatic heterocycles. The number of hydrogen-bond donors (Lipinski definition) is 2. The van der Waals surface area contributed by atoms with Gasteiger partial charge in [0, 0.05) is 11.6 Å². The minimum absolute atomic E-state index is 0.362. The van der Waals surface area contributed by atoms with Crippen molar-refractivity contribution in [2.45, 2.75) is 0 Å². The van der Waals surface area contributed by atoms with E-state index in [1.165, 1.54) is 10.9 Å². The maximum absolute atomic E-state index is 10.8. The van der Waals surface area contributed by atoms with Crippen LogP contribution in [-0.4, -0.2) is 30.9 Å². The van der Waals surface area contributed by atoms with Gasteiger partial charge in [-0.3, -0.25) is 4.98 Å². The molecule has 3 rings (SSSR count). The minimum atomic E-state index is -1.27. The third kappa shape index (κ3) is 1.89. The molecule has 0 spiro atoms. The molecular weight excluding hydrogens is 246 g/mol. The van der Waals surface area contributed by atoms with E-state index < -0.39 is 5.97 Å². The summed E-state index contributed by atoms with van der Waals surface area (Å²) >= 11 is 0. The fourth-order valence-corrected chi connectivity index (χ4v) is 1.85. The monoisotopic (exact) mass is 255 g/mol. The van der Waals surface area contributed by atoms with Gasteiger partial charge in [-0.05, 0) is 24.3 Å². The highest BCUT2D eigenvalue weighted by molar-refractivity contribution is 5.88. The van der Waals surface area contributed by atoms with Gasteiger partial charge in [0.25, 0.3) is 0 Å². The van der Waals surface area contributed by atoms with Gasteiger partial charge in [0.2, 0.25) is 5.69 Å². The molecule has 1 aromatic carbocycles. The molecule has 3 aromatic rings. The number of aromatic nitrogens is 3. The zero-order chi connectivity index (χ0) is 13.4. The van der Waals surface area contributed by atoms with Crippen molar-refractivity contribution in [3.05, 3.63) is 48.4 Å². The molecule has 0 bridgehead atoms. The fourth-order valence-electron chi connectivity index (χ4n) is 1.85. The lowest BCUT2D eigenvalue weighted by Crippen LogP contribution is -2.01. The molecule has 0 unspecified atom stereocenters. The van der Waals surface area contributed by atoms with Crippen LogP contribution in [0.15, 0.2) is 42.7 Å². The minimum Gasteiger partial charge on any atom is -0.504 e. The lowest BCUT2D eigenvalue weighted by molar-refractivity contribution is 0.0687. The Labute approximate surface area is 107 Å². The second-order valence-corrected chi connectivity index (χ2v) is 3.99. The number of carboxylic acids is 1. The standard InChI is InChI=1S/C13H9N3O3/c17-11-7-16(15-12(11)13(18)19)9-3-4-10-8(6-9)2-1-5-14-10/h1-7,17H,(H,18,19). The molecule has 0 amide bonds. The van der Waals surface area contributed by atoms with Gasteiger partial charge < -0.3 is 10.2 Å². The van der Waals surface area contributed by atoms with E-state index in [1.807, 2.05) is 24.3 Å². The van der Waals surface area contributed by atoms with E-state index in [4.69, 9.17) is 5.11 Å². The van der Waals surface area contributed by atoms with Gasteiger partial charge in [-0.15, -0.1) is 0 Å². The quantitative estimate of drug-likeness (QED) is 0.729. The van der Waals surface area contributed by atoms with Crippen molar-refractivity contribution in [1.29, 1.82) is 0 Å². The Morgan fingerprint density at radius 2 is 2.11 bits per heavy atom. The summed E-state index contributed by atoms with van der Waals surface area (Å²) in [5, 5.41) is 23.1. The maximum Gasteiger partial charge on any atom is 0.360 e. The third-order valence-electron chi connectivity index (χ3n) is 2.75. The van der Waals surface area contributed by atoms with Crippen molar-refractivity contribution in [3.63, 3.8) is 0 Å². The van der Waals surface area contributed by atoms with E-state index in [0.29, 0.717) is 5.69 Å². The van der Waals surface area contributed by atoms with E-state index in [2.05, 4.69) is 10.1 Å². The Morgan fingerprint density at radius 1 is 1.26 bits per heavy atom. The summed E-state index contributed by atoms with van der Waals surface area (Å²) in [4.78, 5) is 15.0. The van der Waals surface area contributed by atoms with Gasteiger partial charge >= 0.3 is 5.97 Å². The molecule has 0 aliphatic carbocycles. The number of aromatic hydroxyl groups is 1. The number of carboxylic acid groups (broad SMARTS) is 1. The Bertz CT molecular complexity index is 780. The average Bonchev–Trinajstić information content (AvgIpc) is 2.80. The van der Waals surface area contributed by atoms with Crippen LogP contribution in [0.4, 0.5) is 0 Å². The molecule has 0 saturated carbocycles. The van der Waals surface area contributed by atoms with Crippen LogP contribution < -0.4 is 0 Å². The number of aromatic carboxylic acids is 1. The van der Waals surface area contributed by atoms with Gasteiger partial charge in [-0.25, -0.2) is 9.48 Å². The Morgan fingerprint density at radius 3 is 2.84 bits per heavy atom. The summed E-state index contributed by atoms with van der Waals surface area (Å²) < 4.78 is 1.32. The molecule has 94 valence electrons. The van der Waals surface area contributed by atoms with Crippen LogP contribution in [-0.2, 0) is 0 Å². The highest BCUT2D eigenvalue weighted by atomic mass is 16.4. The van der Waals surface area contributed by atoms with E-state index in [1.54, 1.807) is 12.3 Å². The summed E-state index contributed by atoms with van der Waals surface area (Å²) in [5.74, 6) is -1.63. The number of carbonyl (C=O) groups is 1. The number of pyridine rings is 1. The van der Waals surface area contributed by atoms with Gasteiger partial charge in [-0.2, -0.15) is 5.10 Å². The van der Waals surface area contributed by atoms with E-state index in [9.17, 15) is 9.90 Å². The van der Waals surface area contributed by atoms with Crippen LogP contribution in [0.2, 0.25) is 0 Å². The highest BCUT2D eigenvalue weighted by Crippen LogP contribution is 2.20. The van der Waals surface area contributed by atoms with Crippen molar-refractivity contribution < 1.29 is 15.0 Å². The summed E-state index contributed by atoms with van der Waals surface area (Å²) in [7, 11) is 0. The zero-order valence-corrected chi connectivity index (χ0v) is 9.69. The van der Waals surface area contributed by atoms with Crippen molar-refractivity contribution in [2.75, 3.05) is 0 Å². The first-order valence-corrected chi connectivity index (χ1v) is 5.52. The van der Waals surface area contributed by atoms with Crippen LogP contribution in [0.1, 0.15) is 10.5 Å². The molecule has 0 radical (unpaired) electrons. The Kier molecular flexibility index (Phi) is 2.42. The smallest absolute Gasteiger partial charge is 0.360 e. The molecule has 19 heavy (non-hydrogen) atoms. The number of fused-ring (bicyclic) bond motifs is 1. The first kappa shape index (κ1) is 11.2. The number of rotatable bonds is 2. The average molecular weight is 255 g/mol. The van der Waals surface area contributed by atoms with Crippen LogP contribution in [0.25, 0.3) is 16.6 Å². The summed E-state index contributed by atoms with van der Waals surface area (Å²) in [6, 6.07) is 9.10. The molecule has 2 heterocycles. The Balaban J connectivity index is 2.13. The predicted molar refractivity (Wildman–Crippen MR) is 67.5 cm³/mol. The van der Waals surface area contributed by atoms with Gasteiger partial charge in [0.05, 0.1) is 17.4 Å². The second kappa shape index (κ2) is 4.09. The lowest BCUT2D eigenvalue weighted by Gasteiger charge is -2.02. The SMILES string of the molecule is O=C(O)c1nn(-c2ccc3ncccc3c2)cc1O. The molecule has 0 fully saturated rings. The lowest BCUT2D eigenvalue weighted by atomic mass is 10.2. The molecule has 0 atom stereocenters. The van der Waals surface area contributed by atoms with E-state index in [0.717, 1.165) is 10.9 Å². The summed E-state index contributed by atoms with van der Waals surface area (Å²) in [6.07, 6.45) is 2.96. The molecule has 0 saturated heterocycles. The molecular formula is C13H9N3O3. The van der Waals surface area contributed by atoms with Crippen molar-refractivity contribution in [3.8, 4) is 11.4 Å². The van der Waals surface area contributed by atoms with Crippen LogP contribution in [0.5, 0.6) is 5.75 Å². The maximum atomic E-state index is 10.8. The van der Waals surface area contributed by atoms with Gasteiger partial charge in [-0.1, -0.05) is 6.07 Å². The third-order valence-corrected chi connectivity index (χ3v) is 2.75. The first-order valence-electron chi connectivity index (χ1n) is 5.52. The zero-order valence-electron chi connectivity index (χ0n) is 9.69. The number of benzene rings is 1. The topological polar surface area (TPSA) is 88.2 Å². The summed E-state index contributed by atoms with van der Waals surface area (Å²) in [5.41, 5.74) is 1.12. The molecule has 0 aliphatic heterocycles. The predicted octanol–water partition coefficient (Wildman–Crippen LogP) is 1.82. The first-order chi connectivity index (χ1) is 9.15. The van der Waals surface area contributed by atoms with Gasteiger partial charge in [0.1, 0.15) is 0 Å². The van der Waals surface area contributed by atoms with Crippen LogP contribution in [0.3, 0.4) is 0 Å². The normalized spacial score (nSPS) is 10.7. The summed E-state index contributed by atoms with van der Waals surface area (Å²) in [6.45, 7) is 0. The van der Waals surface area contributed by atoms with Crippen molar-refractivity contribution >= 4 is 16.9 Å². The van der Waals surface area contributed by atoms with Crippen LogP contribution in [0, 0.1) is 0 Å². The van der Waals surface area contributed by atoms with Crippen LogP contribution >= 0.6 is 0 Å². The van der Waals surface area contributed by atoms with Crippen molar-refractivity contribution in [2.24, 2.45) is 0 Å². The van der Waals surface area contributed by atoms with Crippen molar-refractivity contribution in [1.82, 2.24) is 14.8 Å². The molecule has 0 aliphatic rings. The van der Waals surface area contributed by atoms with Gasteiger partial charge in [0.15, 0.2) is 5.75 Å². The second-order valence-electron chi connectivity index (χ2n) is 3.99. The fraction of sp³-hybridized carbons (Fsp3) is 0. The Hall–Kier alpha value is -2.89. The number of nitrogens with zero attached hydrogens (tertiary/aromatic N) is 3. The largest absolute Gasteiger partial charge is 0.504 e. The number of hydrogen-bond acceptors (Lipinski definition) is 4. The molecule has 6 heteroatoms.